The van der Waals surface area contributed by atoms with Crippen molar-refractivity contribution in [2.45, 2.75) is 54.2 Å². The fraction of sp³-hybridized carbons (Fsp3) is 1.00. The van der Waals surface area contributed by atoms with Gasteiger partial charge in [0.2, 0.25) is 0 Å². The fourth-order valence-electron chi connectivity index (χ4n) is 3.07. The minimum atomic E-state index is 0.932. The Labute approximate surface area is 154 Å². The molecule has 94 valence electrons. The summed E-state index contributed by atoms with van der Waals surface area (Å²) >= 11 is 10.7. The quantitative estimate of drug-likeness (QED) is 0.245. The maximum absolute atomic E-state index is 2.69. The Morgan fingerprint density at radius 3 is 1.19 bits per heavy atom. The number of rotatable bonds is 1. The van der Waals surface area contributed by atoms with Crippen molar-refractivity contribution in [3.8, 4) is 0 Å². The summed E-state index contributed by atoms with van der Waals surface area (Å²) in [5.74, 6) is 2.10. The van der Waals surface area contributed by atoms with Crippen LogP contribution in [0.1, 0.15) is 38.5 Å². The predicted molar refractivity (Wildman–Crippen MR) is 106 cm³/mol. The lowest BCUT2D eigenvalue weighted by Crippen LogP contribution is -2.34. The Morgan fingerprint density at radius 2 is 0.875 bits per heavy atom. The highest BCUT2D eigenvalue weighted by atomic mass is 127. The summed E-state index contributed by atoms with van der Waals surface area (Å²) in [7, 11) is 0. The van der Waals surface area contributed by atoms with E-state index < -0.39 is 0 Å². The molecule has 2 rings (SSSR count). The van der Waals surface area contributed by atoms with Crippen LogP contribution in [0.5, 0.6) is 0 Å². The summed E-state index contributed by atoms with van der Waals surface area (Å²) in [5, 5.41) is 0. The summed E-state index contributed by atoms with van der Waals surface area (Å²) in [5.41, 5.74) is 0. The third-order valence-corrected chi connectivity index (χ3v) is 12.6. The second kappa shape index (κ2) is 7.08. The van der Waals surface area contributed by atoms with Crippen LogP contribution < -0.4 is 0 Å². The zero-order valence-electron chi connectivity index (χ0n) is 9.22. The van der Waals surface area contributed by atoms with Crippen molar-refractivity contribution in [3.05, 3.63) is 0 Å². The second-order valence-electron chi connectivity index (χ2n) is 5.21. The largest absolute Gasteiger partial charge is 0.0815 e. The molecule has 2 aliphatic carbocycles. The molecule has 6 atom stereocenters. The summed E-state index contributed by atoms with van der Waals surface area (Å²) < 4.78 is 3.74. The van der Waals surface area contributed by atoms with Crippen LogP contribution >= 0.6 is 90.4 Å². The average Bonchev–Trinajstić information content (AvgIpc) is 2.26. The molecule has 0 N–H and O–H groups in total. The summed E-state index contributed by atoms with van der Waals surface area (Å²) in [6, 6.07) is 0. The summed E-state index contributed by atoms with van der Waals surface area (Å²) in [6.45, 7) is 0. The van der Waals surface area contributed by atoms with Crippen LogP contribution in [0.15, 0.2) is 0 Å². The van der Waals surface area contributed by atoms with Crippen molar-refractivity contribution >= 4 is 90.4 Å². The lowest BCUT2D eigenvalue weighted by molar-refractivity contribution is 0.216. The van der Waals surface area contributed by atoms with Crippen LogP contribution in [0.4, 0.5) is 0 Å². The minimum absolute atomic E-state index is 0.932. The summed E-state index contributed by atoms with van der Waals surface area (Å²) in [4.78, 5) is 0. The smallest absolute Gasteiger partial charge is 0.0230 e. The first-order valence-corrected chi connectivity index (χ1v) is 11.1. The van der Waals surface area contributed by atoms with E-state index in [4.69, 9.17) is 0 Å². The third kappa shape index (κ3) is 3.96. The number of hydrogen-bond donors (Lipinski definition) is 0. The highest BCUT2D eigenvalue weighted by Gasteiger charge is 2.35. The molecule has 2 saturated carbocycles. The van der Waals surface area contributed by atoms with E-state index in [2.05, 4.69) is 90.4 Å². The second-order valence-corrected chi connectivity index (χ2v) is 11.6. The van der Waals surface area contributed by atoms with Crippen LogP contribution in [0.3, 0.4) is 0 Å². The van der Waals surface area contributed by atoms with E-state index in [0.717, 1.165) is 27.5 Å². The van der Waals surface area contributed by atoms with Crippen LogP contribution in [-0.2, 0) is 0 Å². The molecule has 0 saturated heterocycles. The Bertz CT molecular complexity index is 209. The van der Waals surface area contributed by atoms with E-state index in [1.54, 1.807) is 0 Å². The van der Waals surface area contributed by atoms with E-state index in [0.29, 0.717) is 0 Å². The van der Waals surface area contributed by atoms with Crippen molar-refractivity contribution in [3.63, 3.8) is 0 Å². The van der Waals surface area contributed by atoms with Gasteiger partial charge < -0.3 is 0 Å². The lowest BCUT2D eigenvalue weighted by Gasteiger charge is -2.39. The van der Waals surface area contributed by atoms with Crippen LogP contribution in [0.25, 0.3) is 0 Å². The number of alkyl halides is 4. The molecule has 0 bridgehead atoms. The SMILES string of the molecule is IC1CCC(C2CCC(I)C(I)C2)CC1I. The van der Waals surface area contributed by atoms with Crippen molar-refractivity contribution in [1.82, 2.24) is 0 Å². The molecule has 0 nitrogen and oxygen atoms in total. The molecular weight excluding hydrogens is 652 g/mol. The predicted octanol–water partition coefficient (Wildman–Crippen LogP) is 5.80. The first-order valence-electron chi connectivity index (χ1n) is 6.14. The molecule has 0 spiro atoms. The van der Waals surface area contributed by atoms with Gasteiger partial charge >= 0.3 is 0 Å². The number of halogens is 4. The molecule has 0 aromatic rings. The molecule has 0 aromatic carbocycles. The Hall–Kier alpha value is 2.92. The van der Waals surface area contributed by atoms with E-state index in [-0.39, 0.29) is 0 Å². The van der Waals surface area contributed by atoms with Gasteiger partial charge in [0.25, 0.3) is 0 Å². The molecule has 6 unspecified atom stereocenters. The van der Waals surface area contributed by atoms with Gasteiger partial charge in [0.05, 0.1) is 0 Å². The van der Waals surface area contributed by atoms with Gasteiger partial charge in [-0.2, -0.15) is 0 Å². The first-order chi connectivity index (χ1) is 7.58. The normalized spacial score (nSPS) is 50.2. The molecule has 0 amide bonds. The van der Waals surface area contributed by atoms with Crippen molar-refractivity contribution < 1.29 is 0 Å². The zero-order valence-corrected chi connectivity index (χ0v) is 17.8. The van der Waals surface area contributed by atoms with Crippen LogP contribution in [0, 0.1) is 11.8 Å². The number of hydrogen-bond acceptors (Lipinski definition) is 0. The van der Waals surface area contributed by atoms with E-state index in [9.17, 15) is 0 Å². The van der Waals surface area contributed by atoms with Gasteiger partial charge in [0.15, 0.2) is 0 Å². The fourth-order valence-corrected chi connectivity index (χ4v) is 6.41. The minimum Gasteiger partial charge on any atom is -0.0815 e. The van der Waals surface area contributed by atoms with Crippen LogP contribution in [0.2, 0.25) is 0 Å². The van der Waals surface area contributed by atoms with Crippen molar-refractivity contribution in [2.75, 3.05) is 0 Å². The van der Waals surface area contributed by atoms with E-state index in [1.807, 2.05) is 0 Å². The van der Waals surface area contributed by atoms with Gasteiger partial charge in [-0.1, -0.05) is 90.4 Å². The van der Waals surface area contributed by atoms with Gasteiger partial charge in [0.1, 0.15) is 0 Å². The Balaban J connectivity index is 1.88. The van der Waals surface area contributed by atoms with Gasteiger partial charge in [0, 0.05) is 15.7 Å². The molecule has 0 aromatic heterocycles. The molecule has 0 heterocycles. The maximum Gasteiger partial charge on any atom is 0.0230 e. The van der Waals surface area contributed by atoms with Gasteiger partial charge in [-0.3, -0.25) is 0 Å². The standard InChI is InChI=1S/C12H18I4/c13-9-3-1-7(5-11(9)15)8-2-4-10(14)12(16)6-8/h7-12H,1-6H2. The third-order valence-electron chi connectivity index (χ3n) is 4.13. The molecule has 4 heteroatoms. The molecule has 2 fully saturated rings. The zero-order chi connectivity index (χ0) is 11.7. The van der Waals surface area contributed by atoms with E-state index in [1.165, 1.54) is 38.5 Å². The molecule has 2 aliphatic rings. The Morgan fingerprint density at radius 1 is 0.500 bits per heavy atom. The average molecular weight is 670 g/mol. The lowest BCUT2D eigenvalue weighted by atomic mass is 9.73. The van der Waals surface area contributed by atoms with Gasteiger partial charge in [-0.05, 0) is 50.4 Å². The van der Waals surface area contributed by atoms with Crippen molar-refractivity contribution in [1.29, 1.82) is 0 Å². The van der Waals surface area contributed by atoms with Crippen molar-refractivity contribution in [2.24, 2.45) is 11.8 Å². The topological polar surface area (TPSA) is 0 Å². The van der Waals surface area contributed by atoms with Gasteiger partial charge in [-0.15, -0.1) is 0 Å². The van der Waals surface area contributed by atoms with Crippen LogP contribution in [-0.4, -0.2) is 15.7 Å². The Kier molecular flexibility index (Phi) is 6.77. The van der Waals surface area contributed by atoms with E-state index >= 15 is 0 Å². The molecule has 0 aliphatic heterocycles. The molecular formula is C12H18I4. The highest BCUT2D eigenvalue weighted by molar-refractivity contribution is 14.1. The molecule has 0 radical (unpaired) electrons. The molecule has 16 heavy (non-hydrogen) atoms. The maximum atomic E-state index is 2.69. The summed E-state index contributed by atoms with van der Waals surface area (Å²) in [6.07, 6.45) is 8.94. The first kappa shape index (κ1) is 15.3. The van der Waals surface area contributed by atoms with Gasteiger partial charge in [-0.25, -0.2) is 0 Å². The monoisotopic (exact) mass is 670 g/mol. The highest BCUT2D eigenvalue weighted by Crippen LogP contribution is 2.44.